The van der Waals surface area contributed by atoms with Gasteiger partial charge in [0, 0.05) is 17.3 Å². The Kier molecular flexibility index (Phi) is 5.91. The first-order valence-corrected chi connectivity index (χ1v) is 10.1. The van der Waals surface area contributed by atoms with Gasteiger partial charge in [-0.05, 0) is 42.3 Å². The first-order valence-electron chi connectivity index (χ1n) is 10.1. The minimum absolute atomic E-state index is 0.184. The number of hydrogen-bond acceptors (Lipinski definition) is 5. The van der Waals surface area contributed by atoms with Crippen LogP contribution in [-0.2, 0) is 11.2 Å². The number of nitrogens with two attached hydrogens (primary N) is 1. The van der Waals surface area contributed by atoms with Gasteiger partial charge in [-0.15, -0.1) is 0 Å². The van der Waals surface area contributed by atoms with Gasteiger partial charge >= 0.3 is 0 Å². The van der Waals surface area contributed by atoms with Crippen molar-refractivity contribution >= 4 is 28.6 Å². The van der Waals surface area contributed by atoms with E-state index in [-0.39, 0.29) is 5.91 Å². The van der Waals surface area contributed by atoms with Crippen molar-refractivity contribution in [3.05, 3.63) is 83.4 Å². The van der Waals surface area contributed by atoms with Crippen molar-refractivity contribution < 1.29 is 14.3 Å². The number of fused-ring (bicyclic) bond motifs is 1. The molecule has 3 aromatic carbocycles. The number of carbonyl (C=O) groups excluding carboxylic acids is 1. The van der Waals surface area contributed by atoms with Crippen LogP contribution in [0.25, 0.3) is 11.3 Å². The van der Waals surface area contributed by atoms with E-state index in [4.69, 9.17) is 15.2 Å². The minimum atomic E-state index is -0.184. The molecule has 0 unspecified atom stereocenters. The summed E-state index contributed by atoms with van der Waals surface area (Å²) in [5.41, 5.74) is 11.3. The van der Waals surface area contributed by atoms with Crippen LogP contribution in [0.2, 0.25) is 0 Å². The zero-order valence-electron chi connectivity index (χ0n) is 17.6. The second kappa shape index (κ2) is 8.93. The standard InChI is InChI=1S/C25H25N3O3/c1-30-21-14-19-20(15-22(21)31-2)28-25(29)23(19)24(17-6-4-3-5-7-17)27-18-10-8-16(9-11-18)12-13-26/h3-11,14-15,27H,12-13,26H2,1-2H3,(H,28,29)/b24-23-. The molecule has 1 heterocycles. The normalized spacial score (nSPS) is 14.0. The van der Waals surface area contributed by atoms with E-state index in [1.165, 1.54) is 5.56 Å². The molecule has 0 fully saturated rings. The summed E-state index contributed by atoms with van der Waals surface area (Å²) in [6, 6.07) is 21.5. The number of rotatable bonds is 7. The lowest BCUT2D eigenvalue weighted by Gasteiger charge is -2.16. The predicted molar refractivity (Wildman–Crippen MR) is 124 cm³/mol. The van der Waals surface area contributed by atoms with E-state index in [1.807, 2.05) is 60.7 Å². The van der Waals surface area contributed by atoms with Crippen LogP contribution in [0.15, 0.2) is 66.7 Å². The summed E-state index contributed by atoms with van der Waals surface area (Å²) in [5.74, 6) is 0.942. The Hall–Kier alpha value is -3.77. The molecule has 158 valence electrons. The molecular weight excluding hydrogens is 390 g/mol. The average Bonchev–Trinajstić information content (AvgIpc) is 3.12. The number of methoxy groups -OCH3 is 2. The van der Waals surface area contributed by atoms with Crippen LogP contribution in [0, 0.1) is 0 Å². The van der Waals surface area contributed by atoms with Crippen LogP contribution in [-0.4, -0.2) is 26.7 Å². The fourth-order valence-corrected chi connectivity index (χ4v) is 3.69. The Labute approximate surface area is 181 Å². The van der Waals surface area contributed by atoms with E-state index in [0.717, 1.165) is 28.9 Å². The molecule has 4 rings (SSSR count). The number of hydrogen-bond donors (Lipinski definition) is 3. The SMILES string of the molecule is COc1cc2c(cc1OC)/C(=C(/Nc1ccc(CCN)cc1)c1ccccc1)C(=O)N2. The van der Waals surface area contributed by atoms with Crippen molar-refractivity contribution in [3.63, 3.8) is 0 Å². The molecule has 31 heavy (non-hydrogen) atoms. The summed E-state index contributed by atoms with van der Waals surface area (Å²) in [4.78, 5) is 13.1. The van der Waals surface area contributed by atoms with E-state index in [9.17, 15) is 4.79 Å². The van der Waals surface area contributed by atoms with Crippen LogP contribution in [0.5, 0.6) is 11.5 Å². The average molecular weight is 415 g/mol. The fraction of sp³-hybridized carbons (Fsp3) is 0.160. The Morgan fingerprint density at radius 1 is 0.968 bits per heavy atom. The molecule has 0 bridgehead atoms. The fourth-order valence-electron chi connectivity index (χ4n) is 3.69. The maximum Gasteiger partial charge on any atom is 0.258 e. The van der Waals surface area contributed by atoms with Gasteiger partial charge in [-0.25, -0.2) is 0 Å². The van der Waals surface area contributed by atoms with E-state index < -0.39 is 0 Å². The number of carbonyl (C=O) groups is 1. The third kappa shape index (κ3) is 4.11. The summed E-state index contributed by atoms with van der Waals surface area (Å²) in [6.45, 7) is 0.605. The highest BCUT2D eigenvalue weighted by Gasteiger charge is 2.30. The van der Waals surface area contributed by atoms with Crippen LogP contribution >= 0.6 is 0 Å². The highest BCUT2D eigenvalue weighted by Crippen LogP contribution is 2.43. The lowest BCUT2D eigenvalue weighted by atomic mass is 9.99. The van der Waals surface area contributed by atoms with Crippen molar-refractivity contribution in [2.24, 2.45) is 5.73 Å². The highest BCUT2D eigenvalue weighted by molar-refractivity contribution is 6.37. The largest absolute Gasteiger partial charge is 0.493 e. The summed E-state index contributed by atoms with van der Waals surface area (Å²) < 4.78 is 10.9. The number of amides is 1. The molecule has 6 heteroatoms. The van der Waals surface area contributed by atoms with Crippen molar-refractivity contribution in [1.29, 1.82) is 0 Å². The van der Waals surface area contributed by atoms with Gasteiger partial charge in [0.2, 0.25) is 0 Å². The summed E-state index contributed by atoms with van der Waals surface area (Å²) >= 11 is 0. The van der Waals surface area contributed by atoms with Gasteiger partial charge in [0.1, 0.15) is 0 Å². The zero-order chi connectivity index (χ0) is 21.8. The van der Waals surface area contributed by atoms with Gasteiger partial charge in [-0.2, -0.15) is 0 Å². The summed E-state index contributed by atoms with van der Waals surface area (Å²) in [6.07, 6.45) is 0.824. The van der Waals surface area contributed by atoms with Crippen LogP contribution < -0.4 is 25.8 Å². The maximum atomic E-state index is 13.1. The molecule has 0 aliphatic carbocycles. The smallest absolute Gasteiger partial charge is 0.258 e. The Balaban J connectivity index is 1.85. The van der Waals surface area contributed by atoms with Gasteiger partial charge in [0.15, 0.2) is 11.5 Å². The maximum absolute atomic E-state index is 13.1. The van der Waals surface area contributed by atoms with Crippen LogP contribution in [0.3, 0.4) is 0 Å². The molecule has 0 aromatic heterocycles. The molecule has 1 aliphatic rings. The van der Waals surface area contributed by atoms with Gasteiger partial charge < -0.3 is 25.8 Å². The van der Waals surface area contributed by atoms with Crippen molar-refractivity contribution in [2.75, 3.05) is 31.4 Å². The molecule has 3 aromatic rings. The third-order valence-electron chi connectivity index (χ3n) is 5.24. The van der Waals surface area contributed by atoms with Gasteiger partial charge in [0.05, 0.1) is 31.2 Å². The summed E-state index contributed by atoms with van der Waals surface area (Å²) in [7, 11) is 3.15. The molecule has 0 saturated carbocycles. The van der Waals surface area contributed by atoms with Gasteiger partial charge in [-0.3, -0.25) is 4.79 Å². The molecule has 0 atom stereocenters. The lowest BCUT2D eigenvalue weighted by Crippen LogP contribution is -2.10. The first kappa shape index (κ1) is 20.5. The molecule has 0 spiro atoms. The van der Waals surface area contributed by atoms with Crippen LogP contribution in [0.4, 0.5) is 11.4 Å². The van der Waals surface area contributed by atoms with Crippen molar-refractivity contribution in [1.82, 2.24) is 0 Å². The van der Waals surface area contributed by atoms with Crippen molar-refractivity contribution in [3.8, 4) is 11.5 Å². The number of benzene rings is 3. The molecule has 4 N–H and O–H groups in total. The second-order valence-electron chi connectivity index (χ2n) is 7.18. The molecule has 1 aliphatic heterocycles. The lowest BCUT2D eigenvalue weighted by molar-refractivity contribution is -0.110. The number of nitrogens with one attached hydrogen (secondary N) is 2. The Morgan fingerprint density at radius 2 is 1.65 bits per heavy atom. The first-order chi connectivity index (χ1) is 15.1. The number of anilines is 2. The molecule has 1 amide bonds. The van der Waals surface area contributed by atoms with Gasteiger partial charge in [0.25, 0.3) is 5.91 Å². The van der Waals surface area contributed by atoms with E-state index in [0.29, 0.717) is 29.3 Å². The quantitative estimate of drug-likeness (QED) is 0.505. The van der Waals surface area contributed by atoms with E-state index in [1.54, 1.807) is 20.3 Å². The summed E-state index contributed by atoms with van der Waals surface area (Å²) in [5, 5.41) is 6.41. The topological polar surface area (TPSA) is 85.6 Å². The predicted octanol–water partition coefficient (Wildman–Crippen LogP) is 4.14. The minimum Gasteiger partial charge on any atom is -0.493 e. The number of ether oxygens (including phenoxy) is 2. The molecule has 0 radical (unpaired) electrons. The monoisotopic (exact) mass is 415 g/mol. The van der Waals surface area contributed by atoms with E-state index in [2.05, 4.69) is 10.6 Å². The van der Waals surface area contributed by atoms with Crippen LogP contribution in [0.1, 0.15) is 16.7 Å². The Morgan fingerprint density at radius 3 is 2.29 bits per heavy atom. The van der Waals surface area contributed by atoms with E-state index >= 15 is 0 Å². The molecular formula is C25H25N3O3. The molecule has 6 nitrogen and oxygen atoms in total. The van der Waals surface area contributed by atoms with Gasteiger partial charge in [-0.1, -0.05) is 42.5 Å². The zero-order valence-corrected chi connectivity index (χ0v) is 17.6. The van der Waals surface area contributed by atoms with Crippen molar-refractivity contribution in [2.45, 2.75) is 6.42 Å². The second-order valence-corrected chi connectivity index (χ2v) is 7.18. The highest BCUT2D eigenvalue weighted by atomic mass is 16.5. The Bertz CT molecular complexity index is 1120. The molecule has 0 saturated heterocycles. The third-order valence-corrected chi connectivity index (χ3v) is 5.24.